The van der Waals surface area contributed by atoms with Gasteiger partial charge in [-0.3, -0.25) is 4.57 Å². The fraction of sp³-hybridized carbons (Fsp3) is 0.353. The number of ether oxygens (including phenoxy) is 1. The standard InChI is InChI=1S/C17H17IN4O4S/c18-10-3-1-2-9(4-10)6-27-16-12-15(19-7-20-16)22(8-21-12)17-14(25)13(24)11(5-23)26-17/h1-4,7-8,11,13-14,17,23-25H,5-6H2/t11-,13-,14-,17-/m1/s1. The summed E-state index contributed by atoms with van der Waals surface area (Å²) >= 11 is 3.83. The zero-order valence-corrected chi connectivity index (χ0v) is 17.0. The van der Waals surface area contributed by atoms with Gasteiger partial charge in [-0.25, -0.2) is 15.0 Å². The molecule has 0 aliphatic carbocycles. The molecule has 3 N–H and O–H groups in total. The van der Waals surface area contributed by atoms with Crippen LogP contribution < -0.4 is 0 Å². The molecule has 3 heterocycles. The van der Waals surface area contributed by atoms with Gasteiger partial charge in [-0.1, -0.05) is 23.9 Å². The average Bonchev–Trinajstić information content (AvgIpc) is 3.22. The highest BCUT2D eigenvalue weighted by Gasteiger charge is 2.44. The predicted molar refractivity (Wildman–Crippen MR) is 107 cm³/mol. The van der Waals surface area contributed by atoms with Crippen LogP contribution in [0.1, 0.15) is 11.8 Å². The van der Waals surface area contributed by atoms with Crippen LogP contribution in [-0.4, -0.2) is 59.8 Å². The van der Waals surface area contributed by atoms with Crippen molar-refractivity contribution in [3.8, 4) is 0 Å². The van der Waals surface area contributed by atoms with Crippen LogP contribution in [0.2, 0.25) is 0 Å². The first kappa shape index (κ1) is 19.0. The molecule has 3 aromatic rings. The van der Waals surface area contributed by atoms with Crippen molar-refractivity contribution in [2.45, 2.75) is 35.3 Å². The van der Waals surface area contributed by atoms with Gasteiger partial charge in [-0.05, 0) is 40.3 Å². The van der Waals surface area contributed by atoms with Gasteiger partial charge >= 0.3 is 0 Å². The molecule has 10 heteroatoms. The van der Waals surface area contributed by atoms with Gasteiger partial charge in [0, 0.05) is 9.32 Å². The molecule has 1 saturated heterocycles. The van der Waals surface area contributed by atoms with Crippen LogP contribution in [-0.2, 0) is 10.5 Å². The summed E-state index contributed by atoms with van der Waals surface area (Å²) in [6.07, 6.45) is -1.12. The molecule has 142 valence electrons. The minimum absolute atomic E-state index is 0.382. The van der Waals surface area contributed by atoms with Crippen molar-refractivity contribution in [1.29, 1.82) is 0 Å². The Morgan fingerprint density at radius 3 is 2.78 bits per heavy atom. The number of hydrogen-bond donors (Lipinski definition) is 3. The number of hydrogen-bond acceptors (Lipinski definition) is 8. The summed E-state index contributed by atoms with van der Waals surface area (Å²) in [6.45, 7) is -0.382. The van der Waals surface area contributed by atoms with E-state index in [1.54, 1.807) is 16.3 Å². The second kappa shape index (κ2) is 7.97. The van der Waals surface area contributed by atoms with Crippen molar-refractivity contribution in [2.75, 3.05) is 6.61 Å². The number of thioether (sulfide) groups is 1. The molecule has 27 heavy (non-hydrogen) atoms. The van der Waals surface area contributed by atoms with Gasteiger partial charge in [-0.2, -0.15) is 0 Å². The Morgan fingerprint density at radius 1 is 1.19 bits per heavy atom. The largest absolute Gasteiger partial charge is 0.394 e. The van der Waals surface area contributed by atoms with Gasteiger partial charge < -0.3 is 20.1 Å². The normalized spacial score (nSPS) is 25.3. The maximum Gasteiger partial charge on any atom is 0.166 e. The van der Waals surface area contributed by atoms with Gasteiger partial charge in [0.25, 0.3) is 0 Å². The molecule has 4 atom stereocenters. The lowest BCUT2D eigenvalue weighted by atomic mass is 10.1. The Bertz CT molecular complexity index is 956. The highest BCUT2D eigenvalue weighted by atomic mass is 127. The molecule has 2 aromatic heterocycles. The van der Waals surface area contributed by atoms with Crippen molar-refractivity contribution in [1.82, 2.24) is 19.5 Å². The van der Waals surface area contributed by atoms with Crippen LogP contribution in [0.4, 0.5) is 0 Å². The molecule has 0 spiro atoms. The fourth-order valence-corrected chi connectivity index (χ4v) is 4.50. The molecule has 1 fully saturated rings. The van der Waals surface area contributed by atoms with E-state index in [2.05, 4.69) is 49.7 Å². The summed E-state index contributed by atoms with van der Waals surface area (Å²) in [4.78, 5) is 13.0. The van der Waals surface area contributed by atoms with Crippen molar-refractivity contribution >= 4 is 45.5 Å². The number of rotatable bonds is 5. The highest BCUT2D eigenvalue weighted by Crippen LogP contribution is 2.33. The van der Waals surface area contributed by atoms with Crippen LogP contribution in [0.5, 0.6) is 0 Å². The van der Waals surface area contributed by atoms with Gasteiger partial charge in [0.15, 0.2) is 11.9 Å². The summed E-state index contributed by atoms with van der Waals surface area (Å²) in [5.74, 6) is 0.740. The Labute approximate surface area is 172 Å². The van der Waals surface area contributed by atoms with Gasteiger partial charge in [-0.15, -0.1) is 0 Å². The van der Waals surface area contributed by atoms with Gasteiger partial charge in [0.1, 0.15) is 35.2 Å². The molecule has 0 amide bonds. The summed E-state index contributed by atoms with van der Waals surface area (Å²) in [6, 6.07) is 8.24. The Morgan fingerprint density at radius 2 is 2.04 bits per heavy atom. The Balaban J connectivity index is 1.60. The lowest BCUT2D eigenvalue weighted by Crippen LogP contribution is -2.33. The Hall–Kier alpha value is -1.31. The Kier molecular flexibility index (Phi) is 5.62. The van der Waals surface area contributed by atoms with E-state index in [0.29, 0.717) is 11.2 Å². The van der Waals surface area contributed by atoms with Gasteiger partial charge in [0.2, 0.25) is 0 Å². The zero-order valence-electron chi connectivity index (χ0n) is 14.0. The van der Waals surface area contributed by atoms with E-state index in [4.69, 9.17) is 4.74 Å². The van der Waals surface area contributed by atoms with E-state index in [1.807, 2.05) is 12.1 Å². The van der Waals surface area contributed by atoms with E-state index in [0.717, 1.165) is 10.8 Å². The van der Waals surface area contributed by atoms with Crippen LogP contribution in [0.15, 0.2) is 41.9 Å². The highest BCUT2D eigenvalue weighted by molar-refractivity contribution is 14.1. The second-order valence-corrected chi connectivity index (χ2v) is 8.36. The third-order valence-corrected chi connectivity index (χ3v) is 6.10. The number of aliphatic hydroxyl groups is 3. The molecule has 0 saturated carbocycles. The molecule has 1 aliphatic rings. The first-order chi connectivity index (χ1) is 13.1. The molecule has 0 bridgehead atoms. The van der Waals surface area contributed by atoms with Gasteiger partial charge in [0.05, 0.1) is 12.9 Å². The number of benzene rings is 1. The van der Waals surface area contributed by atoms with Crippen molar-refractivity contribution in [2.24, 2.45) is 0 Å². The number of nitrogens with zero attached hydrogens (tertiary/aromatic N) is 4. The number of aliphatic hydroxyl groups excluding tert-OH is 3. The van der Waals surface area contributed by atoms with E-state index in [9.17, 15) is 15.3 Å². The topological polar surface area (TPSA) is 114 Å². The zero-order chi connectivity index (χ0) is 19.0. The number of halogens is 1. The molecule has 1 aliphatic heterocycles. The maximum absolute atomic E-state index is 10.3. The molecular formula is C17H17IN4O4S. The molecule has 0 unspecified atom stereocenters. The first-order valence-corrected chi connectivity index (χ1v) is 10.3. The van der Waals surface area contributed by atoms with Crippen LogP contribution in [0.25, 0.3) is 11.2 Å². The lowest BCUT2D eigenvalue weighted by Gasteiger charge is -2.16. The average molecular weight is 500 g/mol. The minimum atomic E-state index is -1.18. The van der Waals surface area contributed by atoms with E-state index in [-0.39, 0.29) is 6.61 Å². The second-order valence-electron chi connectivity index (χ2n) is 6.15. The molecule has 1 aromatic carbocycles. The van der Waals surface area contributed by atoms with Crippen LogP contribution in [0, 0.1) is 3.57 Å². The molecule has 8 nitrogen and oxygen atoms in total. The summed E-state index contributed by atoms with van der Waals surface area (Å²) < 4.78 is 8.31. The molecular weight excluding hydrogens is 483 g/mol. The minimum Gasteiger partial charge on any atom is -0.394 e. The van der Waals surface area contributed by atoms with E-state index >= 15 is 0 Å². The monoisotopic (exact) mass is 500 g/mol. The van der Waals surface area contributed by atoms with Crippen LogP contribution >= 0.6 is 34.4 Å². The third-order valence-electron chi connectivity index (χ3n) is 4.38. The summed E-state index contributed by atoms with van der Waals surface area (Å²) in [5, 5.41) is 30.2. The smallest absolute Gasteiger partial charge is 0.166 e. The van der Waals surface area contributed by atoms with E-state index < -0.39 is 24.5 Å². The van der Waals surface area contributed by atoms with E-state index in [1.165, 1.54) is 21.8 Å². The quantitative estimate of drug-likeness (QED) is 0.273. The first-order valence-electron chi connectivity index (χ1n) is 8.25. The molecule has 0 radical (unpaired) electrons. The van der Waals surface area contributed by atoms with Crippen LogP contribution in [0.3, 0.4) is 0 Å². The maximum atomic E-state index is 10.3. The number of fused-ring (bicyclic) bond motifs is 1. The number of imidazole rings is 1. The fourth-order valence-electron chi connectivity index (χ4n) is 3.01. The van der Waals surface area contributed by atoms with Crippen molar-refractivity contribution in [3.63, 3.8) is 0 Å². The SMILES string of the molecule is OC[C@H]1O[C@@H](n2cnc3c(SCc4cccc(I)c4)ncnc32)[C@H](O)[C@@H]1O. The molecule has 4 rings (SSSR count). The van der Waals surface area contributed by atoms with Crippen molar-refractivity contribution in [3.05, 3.63) is 46.1 Å². The summed E-state index contributed by atoms with van der Waals surface area (Å²) in [5.41, 5.74) is 2.29. The lowest BCUT2D eigenvalue weighted by molar-refractivity contribution is -0.0511. The number of aromatic nitrogens is 4. The summed E-state index contributed by atoms with van der Waals surface area (Å²) in [7, 11) is 0. The van der Waals surface area contributed by atoms with Crippen molar-refractivity contribution < 1.29 is 20.1 Å². The predicted octanol–water partition coefficient (Wildman–Crippen LogP) is 1.33. The third kappa shape index (κ3) is 3.69.